The third-order valence-corrected chi connectivity index (χ3v) is 10.2. The summed E-state index contributed by atoms with van der Waals surface area (Å²) in [5.41, 5.74) is 14.1. The monoisotopic (exact) mass is 639 g/mol. The molecule has 50 heavy (non-hydrogen) atoms. The van der Waals surface area contributed by atoms with E-state index in [1.54, 1.807) is 0 Å². The molecule has 0 aliphatic carbocycles. The van der Waals surface area contributed by atoms with Gasteiger partial charge in [-0.25, -0.2) is 4.98 Å². The molecule has 3 nitrogen and oxygen atoms in total. The summed E-state index contributed by atoms with van der Waals surface area (Å²) in [5, 5.41) is 4.99. The van der Waals surface area contributed by atoms with Crippen LogP contribution in [-0.2, 0) is 6.42 Å². The molecule has 0 saturated heterocycles. The molecule has 1 aromatic heterocycles. The minimum absolute atomic E-state index is 0.839. The Balaban J connectivity index is 1.25. The summed E-state index contributed by atoms with van der Waals surface area (Å²) in [7, 11) is 0. The van der Waals surface area contributed by atoms with Gasteiger partial charge in [-0.15, -0.1) is 0 Å². The number of rotatable bonds is 5. The van der Waals surface area contributed by atoms with E-state index < -0.39 is 0 Å². The fraction of sp³-hybridized carbons (Fsp3) is 0.0426. The van der Waals surface area contributed by atoms with E-state index in [1.807, 2.05) is 0 Å². The first-order valence-electron chi connectivity index (χ1n) is 17.4. The maximum Gasteiger partial charge on any atom is 0.114 e. The van der Waals surface area contributed by atoms with E-state index in [4.69, 9.17) is 4.98 Å². The molecule has 0 N–H and O–H groups in total. The van der Waals surface area contributed by atoms with Crippen molar-refractivity contribution in [3.8, 4) is 39.1 Å². The van der Waals surface area contributed by atoms with E-state index in [0.29, 0.717) is 0 Å². The molecule has 3 heteroatoms. The minimum Gasteiger partial charge on any atom is -0.306 e. The Morgan fingerprint density at radius 3 is 1.66 bits per heavy atom. The number of hydrogen-bond acceptors (Lipinski definition) is 2. The van der Waals surface area contributed by atoms with Gasteiger partial charge in [0.1, 0.15) is 5.82 Å². The normalized spacial score (nSPS) is 12.1. The lowest BCUT2D eigenvalue weighted by atomic mass is 9.85. The van der Waals surface area contributed by atoms with Crippen LogP contribution >= 0.6 is 0 Å². The number of imidazole rings is 1. The third-order valence-electron chi connectivity index (χ3n) is 10.2. The van der Waals surface area contributed by atoms with Gasteiger partial charge in [-0.3, -0.25) is 4.57 Å². The number of fused-ring (bicyclic) bond motifs is 4. The lowest BCUT2D eigenvalue weighted by Gasteiger charge is -2.33. The van der Waals surface area contributed by atoms with E-state index >= 15 is 0 Å². The van der Waals surface area contributed by atoms with Crippen molar-refractivity contribution in [3.63, 3.8) is 0 Å². The Kier molecular flexibility index (Phi) is 6.47. The van der Waals surface area contributed by atoms with Crippen molar-refractivity contribution in [3.05, 3.63) is 176 Å². The molecule has 2 heterocycles. The SMILES string of the molecule is CCc1nc2cccc3c2n1-c1cc(-c2c4ccccc4c(-c4cccc(-c5ccccc5)c4)c4ccccc24)ccc1N3c1ccccc1. The largest absolute Gasteiger partial charge is 0.306 e. The van der Waals surface area contributed by atoms with E-state index in [2.05, 4.69) is 186 Å². The molecular formula is C47H33N3. The molecule has 0 fully saturated rings. The molecule has 0 amide bonds. The van der Waals surface area contributed by atoms with Gasteiger partial charge in [-0.2, -0.15) is 0 Å². The van der Waals surface area contributed by atoms with Crippen LogP contribution in [0, 0.1) is 0 Å². The zero-order chi connectivity index (χ0) is 33.2. The van der Waals surface area contributed by atoms with Gasteiger partial charge < -0.3 is 4.90 Å². The van der Waals surface area contributed by atoms with Crippen LogP contribution in [0.15, 0.2) is 170 Å². The number of aryl methyl sites for hydroxylation is 1. The molecule has 0 atom stereocenters. The Bertz CT molecular complexity index is 2680. The molecule has 1 aliphatic heterocycles. The van der Waals surface area contributed by atoms with Crippen molar-refractivity contribution in [2.75, 3.05) is 4.90 Å². The first kappa shape index (κ1) is 28.6. The summed E-state index contributed by atoms with van der Waals surface area (Å²) in [6, 6.07) is 61.7. The maximum atomic E-state index is 5.14. The van der Waals surface area contributed by atoms with Crippen molar-refractivity contribution < 1.29 is 0 Å². The van der Waals surface area contributed by atoms with Gasteiger partial charge in [0.25, 0.3) is 0 Å². The number of anilines is 3. The van der Waals surface area contributed by atoms with Crippen LogP contribution < -0.4 is 4.90 Å². The van der Waals surface area contributed by atoms with Gasteiger partial charge in [-0.05, 0) is 97.4 Å². The summed E-state index contributed by atoms with van der Waals surface area (Å²) in [6.07, 6.45) is 0.839. The fourth-order valence-corrected chi connectivity index (χ4v) is 8.10. The van der Waals surface area contributed by atoms with Crippen molar-refractivity contribution in [2.24, 2.45) is 0 Å². The van der Waals surface area contributed by atoms with E-state index in [0.717, 1.165) is 46.0 Å². The molecule has 1 aliphatic rings. The molecule has 0 bridgehead atoms. The molecule has 8 aromatic carbocycles. The second kappa shape index (κ2) is 11.3. The maximum absolute atomic E-state index is 5.14. The van der Waals surface area contributed by atoms with Crippen LogP contribution in [0.1, 0.15) is 12.7 Å². The van der Waals surface area contributed by atoms with Crippen molar-refractivity contribution in [2.45, 2.75) is 13.3 Å². The summed E-state index contributed by atoms with van der Waals surface area (Å²) in [5.74, 6) is 1.07. The lowest BCUT2D eigenvalue weighted by Crippen LogP contribution is -2.19. The quantitative estimate of drug-likeness (QED) is 0.175. The number of benzene rings is 8. The van der Waals surface area contributed by atoms with Crippen molar-refractivity contribution in [1.29, 1.82) is 0 Å². The predicted molar refractivity (Wildman–Crippen MR) is 210 cm³/mol. The Hall–Kier alpha value is -6.45. The molecule has 236 valence electrons. The second-order valence-electron chi connectivity index (χ2n) is 13.0. The summed E-state index contributed by atoms with van der Waals surface area (Å²) < 4.78 is 2.40. The highest BCUT2D eigenvalue weighted by atomic mass is 15.2. The van der Waals surface area contributed by atoms with Crippen LogP contribution in [-0.4, -0.2) is 9.55 Å². The van der Waals surface area contributed by atoms with Gasteiger partial charge in [0.2, 0.25) is 0 Å². The second-order valence-corrected chi connectivity index (χ2v) is 13.0. The Morgan fingerprint density at radius 1 is 0.440 bits per heavy atom. The molecular weight excluding hydrogens is 607 g/mol. The fourth-order valence-electron chi connectivity index (χ4n) is 8.10. The average Bonchev–Trinajstić information content (AvgIpc) is 3.58. The van der Waals surface area contributed by atoms with Gasteiger partial charge in [0.05, 0.1) is 28.1 Å². The molecule has 0 radical (unpaired) electrons. The van der Waals surface area contributed by atoms with Crippen LogP contribution in [0.4, 0.5) is 17.1 Å². The van der Waals surface area contributed by atoms with Gasteiger partial charge >= 0.3 is 0 Å². The smallest absolute Gasteiger partial charge is 0.114 e. The standard InChI is InChI=1S/C47H33N3/c1-2-44-48-40-25-14-26-42-47(40)50(44)43-30-34(27-28-41(43)49(42)35-19-7-4-8-20-35)46-38-23-11-9-21-36(38)45(37-22-10-12-24-39(37)46)33-18-13-17-32(29-33)31-15-5-3-6-16-31/h3-30H,2H2,1H3. The number of aromatic nitrogens is 2. The van der Waals surface area contributed by atoms with Gasteiger partial charge in [-0.1, -0.05) is 134 Å². The van der Waals surface area contributed by atoms with E-state index in [1.165, 1.54) is 54.9 Å². The van der Waals surface area contributed by atoms with E-state index in [9.17, 15) is 0 Å². The van der Waals surface area contributed by atoms with Crippen LogP contribution in [0.2, 0.25) is 0 Å². The number of nitrogens with zero attached hydrogens (tertiary/aromatic N) is 3. The predicted octanol–water partition coefficient (Wildman–Crippen LogP) is 12.7. The molecule has 9 aromatic rings. The first-order chi connectivity index (χ1) is 24.8. The highest BCUT2D eigenvalue weighted by Gasteiger charge is 2.29. The summed E-state index contributed by atoms with van der Waals surface area (Å²) >= 11 is 0. The number of para-hydroxylation sites is 2. The first-order valence-corrected chi connectivity index (χ1v) is 17.4. The zero-order valence-corrected chi connectivity index (χ0v) is 27.7. The van der Waals surface area contributed by atoms with E-state index in [-0.39, 0.29) is 0 Å². The molecule has 0 spiro atoms. The molecule has 10 rings (SSSR count). The average molecular weight is 640 g/mol. The summed E-state index contributed by atoms with van der Waals surface area (Å²) in [4.78, 5) is 7.53. The summed E-state index contributed by atoms with van der Waals surface area (Å²) in [6.45, 7) is 2.20. The van der Waals surface area contributed by atoms with Gasteiger partial charge in [0.15, 0.2) is 0 Å². The zero-order valence-electron chi connectivity index (χ0n) is 27.7. The molecule has 0 saturated carbocycles. The highest BCUT2D eigenvalue weighted by Crippen LogP contribution is 2.50. The minimum atomic E-state index is 0.839. The van der Waals surface area contributed by atoms with Gasteiger partial charge in [0, 0.05) is 12.1 Å². The van der Waals surface area contributed by atoms with Crippen molar-refractivity contribution in [1.82, 2.24) is 9.55 Å². The van der Waals surface area contributed by atoms with Crippen LogP contribution in [0.3, 0.4) is 0 Å². The topological polar surface area (TPSA) is 21.1 Å². The Morgan fingerprint density at radius 2 is 1.00 bits per heavy atom. The molecule has 0 unspecified atom stereocenters. The van der Waals surface area contributed by atoms with Crippen LogP contribution in [0.5, 0.6) is 0 Å². The third kappa shape index (κ3) is 4.27. The Labute approximate surface area is 291 Å². The lowest BCUT2D eigenvalue weighted by molar-refractivity contribution is 0.901. The highest BCUT2D eigenvalue weighted by molar-refractivity contribution is 6.21. The van der Waals surface area contributed by atoms with Crippen LogP contribution in [0.25, 0.3) is 71.6 Å². The number of hydrogen-bond donors (Lipinski definition) is 0. The van der Waals surface area contributed by atoms with Crippen molar-refractivity contribution >= 4 is 49.6 Å².